The smallest absolute Gasteiger partial charge is 0.151 e. The average molecular weight is 297 g/mol. The number of nitrogens with zero attached hydrogens (tertiary/aromatic N) is 2. The molecule has 0 radical (unpaired) electrons. The van der Waals surface area contributed by atoms with Crippen LogP contribution in [-0.4, -0.2) is 14.5 Å². The van der Waals surface area contributed by atoms with Gasteiger partial charge < -0.3 is 9.51 Å². The van der Waals surface area contributed by atoms with Gasteiger partial charge in [0.15, 0.2) is 5.65 Å². The Morgan fingerprint density at radius 2 is 2.06 bits per heavy atom. The number of hydrogen-bond donors (Lipinski definition) is 1. The standard InChI is InChI=1S/C13H17BrN2O/c1-8(17)10-11(13(2,3)4)15-12-9(14)6-5-7-16(10)12/h5-8,17H,1-4H3. The van der Waals surface area contributed by atoms with E-state index in [9.17, 15) is 5.11 Å². The van der Waals surface area contributed by atoms with E-state index in [1.807, 2.05) is 22.7 Å². The van der Waals surface area contributed by atoms with Crippen LogP contribution in [0.4, 0.5) is 0 Å². The minimum Gasteiger partial charge on any atom is -0.387 e. The van der Waals surface area contributed by atoms with Crippen LogP contribution in [0.3, 0.4) is 0 Å². The van der Waals surface area contributed by atoms with Crippen LogP contribution < -0.4 is 0 Å². The Balaban J connectivity index is 2.85. The van der Waals surface area contributed by atoms with Crippen molar-refractivity contribution in [3.8, 4) is 0 Å². The van der Waals surface area contributed by atoms with E-state index in [-0.39, 0.29) is 5.41 Å². The van der Waals surface area contributed by atoms with Gasteiger partial charge in [0.25, 0.3) is 0 Å². The molecule has 2 heterocycles. The molecule has 0 spiro atoms. The largest absolute Gasteiger partial charge is 0.387 e. The van der Waals surface area contributed by atoms with Crippen LogP contribution in [0, 0.1) is 0 Å². The molecule has 92 valence electrons. The highest BCUT2D eigenvalue weighted by Crippen LogP contribution is 2.32. The monoisotopic (exact) mass is 296 g/mol. The third-order valence-corrected chi connectivity index (χ3v) is 3.36. The van der Waals surface area contributed by atoms with Gasteiger partial charge >= 0.3 is 0 Å². The lowest BCUT2D eigenvalue weighted by Crippen LogP contribution is -2.16. The van der Waals surface area contributed by atoms with Crippen LogP contribution >= 0.6 is 15.9 Å². The summed E-state index contributed by atoms with van der Waals surface area (Å²) in [5.74, 6) is 0. The zero-order valence-corrected chi connectivity index (χ0v) is 12.1. The highest BCUT2D eigenvalue weighted by Gasteiger charge is 2.26. The van der Waals surface area contributed by atoms with Gasteiger partial charge in [0.2, 0.25) is 0 Å². The molecule has 2 aromatic heterocycles. The second kappa shape index (κ2) is 4.10. The Kier molecular flexibility index (Phi) is 3.04. The first-order valence-corrected chi connectivity index (χ1v) is 6.46. The minimum atomic E-state index is -0.534. The van der Waals surface area contributed by atoms with E-state index in [4.69, 9.17) is 0 Å². The van der Waals surface area contributed by atoms with Crippen molar-refractivity contribution in [2.45, 2.75) is 39.2 Å². The summed E-state index contributed by atoms with van der Waals surface area (Å²) in [5, 5.41) is 9.97. The molecule has 0 saturated heterocycles. The van der Waals surface area contributed by atoms with Gasteiger partial charge in [-0.15, -0.1) is 0 Å². The van der Waals surface area contributed by atoms with E-state index in [0.717, 1.165) is 21.5 Å². The van der Waals surface area contributed by atoms with Crippen LogP contribution in [0.1, 0.15) is 45.2 Å². The molecule has 0 amide bonds. The van der Waals surface area contributed by atoms with E-state index in [2.05, 4.69) is 41.7 Å². The lowest BCUT2D eigenvalue weighted by atomic mass is 9.89. The van der Waals surface area contributed by atoms with E-state index in [1.54, 1.807) is 6.92 Å². The predicted octanol–water partition coefficient (Wildman–Crippen LogP) is 3.45. The Morgan fingerprint density at radius 1 is 1.41 bits per heavy atom. The molecule has 2 rings (SSSR count). The maximum absolute atomic E-state index is 9.97. The van der Waals surface area contributed by atoms with Crippen molar-refractivity contribution in [2.24, 2.45) is 0 Å². The highest BCUT2D eigenvalue weighted by atomic mass is 79.9. The number of hydrogen-bond acceptors (Lipinski definition) is 2. The molecular formula is C13H17BrN2O. The Hall–Kier alpha value is -0.870. The Labute approximate surface area is 110 Å². The van der Waals surface area contributed by atoms with Gasteiger partial charge in [-0.25, -0.2) is 4.98 Å². The first-order chi connectivity index (χ1) is 7.82. The zero-order chi connectivity index (χ0) is 12.8. The third kappa shape index (κ3) is 2.11. The van der Waals surface area contributed by atoms with E-state index in [1.165, 1.54) is 0 Å². The normalized spacial score (nSPS) is 14.2. The summed E-state index contributed by atoms with van der Waals surface area (Å²) in [6.45, 7) is 8.09. The van der Waals surface area contributed by atoms with Gasteiger partial charge in [-0.05, 0) is 35.0 Å². The summed E-state index contributed by atoms with van der Waals surface area (Å²) in [4.78, 5) is 4.66. The quantitative estimate of drug-likeness (QED) is 0.875. The van der Waals surface area contributed by atoms with Crippen LogP contribution in [0.5, 0.6) is 0 Å². The van der Waals surface area contributed by atoms with Crippen molar-refractivity contribution in [1.29, 1.82) is 0 Å². The number of rotatable bonds is 1. The van der Waals surface area contributed by atoms with E-state index < -0.39 is 6.10 Å². The minimum absolute atomic E-state index is 0.0855. The molecule has 0 saturated carbocycles. The molecule has 0 bridgehead atoms. The summed E-state index contributed by atoms with van der Waals surface area (Å²) in [6.07, 6.45) is 1.40. The average Bonchev–Trinajstić information content (AvgIpc) is 2.57. The third-order valence-electron chi connectivity index (χ3n) is 2.75. The molecule has 0 aromatic carbocycles. The van der Waals surface area contributed by atoms with Crippen LogP contribution in [0.2, 0.25) is 0 Å². The molecule has 2 aromatic rings. The number of fused-ring (bicyclic) bond motifs is 1. The molecule has 17 heavy (non-hydrogen) atoms. The van der Waals surface area contributed by atoms with Crippen LogP contribution in [0.15, 0.2) is 22.8 Å². The Morgan fingerprint density at radius 3 is 2.59 bits per heavy atom. The van der Waals surface area contributed by atoms with Crippen molar-refractivity contribution in [1.82, 2.24) is 9.38 Å². The summed E-state index contributed by atoms with van der Waals surface area (Å²) >= 11 is 3.50. The number of imidazole rings is 1. The fourth-order valence-electron chi connectivity index (χ4n) is 2.00. The van der Waals surface area contributed by atoms with Gasteiger partial charge in [0, 0.05) is 11.6 Å². The van der Waals surface area contributed by atoms with Gasteiger partial charge in [-0.3, -0.25) is 0 Å². The second-order valence-corrected chi connectivity index (χ2v) is 6.18. The first-order valence-electron chi connectivity index (χ1n) is 5.67. The maximum Gasteiger partial charge on any atom is 0.151 e. The number of aromatic nitrogens is 2. The SMILES string of the molecule is CC(O)c1c(C(C)(C)C)nc2c(Br)cccn12. The summed E-state index contributed by atoms with van der Waals surface area (Å²) in [6, 6.07) is 3.90. The molecular weight excluding hydrogens is 280 g/mol. The topological polar surface area (TPSA) is 37.5 Å². The summed E-state index contributed by atoms with van der Waals surface area (Å²) in [7, 11) is 0. The summed E-state index contributed by atoms with van der Waals surface area (Å²) < 4.78 is 2.90. The van der Waals surface area contributed by atoms with Gasteiger partial charge in [0.1, 0.15) is 0 Å². The lowest BCUT2D eigenvalue weighted by Gasteiger charge is -2.19. The number of pyridine rings is 1. The van der Waals surface area contributed by atoms with Crippen molar-refractivity contribution >= 4 is 21.6 Å². The lowest BCUT2D eigenvalue weighted by molar-refractivity contribution is 0.190. The number of aliphatic hydroxyl groups excluding tert-OH is 1. The molecule has 1 unspecified atom stereocenters. The number of halogens is 1. The van der Waals surface area contributed by atoms with Crippen molar-refractivity contribution in [3.63, 3.8) is 0 Å². The van der Waals surface area contributed by atoms with Gasteiger partial charge in [-0.1, -0.05) is 20.8 Å². The highest BCUT2D eigenvalue weighted by molar-refractivity contribution is 9.10. The molecule has 1 atom stereocenters. The van der Waals surface area contributed by atoms with Crippen LogP contribution in [-0.2, 0) is 5.41 Å². The molecule has 0 fully saturated rings. The zero-order valence-electron chi connectivity index (χ0n) is 10.5. The van der Waals surface area contributed by atoms with Gasteiger partial charge in [0.05, 0.1) is 22.0 Å². The van der Waals surface area contributed by atoms with E-state index >= 15 is 0 Å². The van der Waals surface area contributed by atoms with Crippen LogP contribution in [0.25, 0.3) is 5.65 Å². The Bertz CT molecular complexity index is 552. The molecule has 1 N–H and O–H groups in total. The molecule has 3 nitrogen and oxygen atoms in total. The van der Waals surface area contributed by atoms with E-state index in [0.29, 0.717) is 0 Å². The van der Waals surface area contributed by atoms with Gasteiger partial charge in [-0.2, -0.15) is 0 Å². The molecule has 0 aliphatic heterocycles. The maximum atomic E-state index is 9.97. The van der Waals surface area contributed by atoms with Crippen molar-refractivity contribution < 1.29 is 5.11 Å². The molecule has 4 heteroatoms. The number of aliphatic hydroxyl groups is 1. The predicted molar refractivity (Wildman–Crippen MR) is 72.2 cm³/mol. The summed E-state index contributed by atoms with van der Waals surface area (Å²) in [5.41, 5.74) is 2.58. The fraction of sp³-hybridized carbons (Fsp3) is 0.462. The second-order valence-electron chi connectivity index (χ2n) is 5.32. The fourth-order valence-corrected chi connectivity index (χ4v) is 2.44. The van der Waals surface area contributed by atoms with Crippen molar-refractivity contribution in [2.75, 3.05) is 0 Å². The van der Waals surface area contributed by atoms with Crippen molar-refractivity contribution in [3.05, 3.63) is 34.2 Å². The molecule has 0 aliphatic rings. The molecule has 0 aliphatic carbocycles. The first kappa shape index (κ1) is 12.6.